The Labute approximate surface area is 271 Å². The van der Waals surface area contributed by atoms with Gasteiger partial charge in [-0.1, -0.05) is 12.1 Å². The van der Waals surface area contributed by atoms with Gasteiger partial charge in [-0.15, -0.1) is 0 Å². The van der Waals surface area contributed by atoms with E-state index in [0.29, 0.717) is 23.3 Å². The summed E-state index contributed by atoms with van der Waals surface area (Å²) in [5, 5.41) is 0. The van der Waals surface area contributed by atoms with Crippen LogP contribution in [0.5, 0.6) is 0 Å². The summed E-state index contributed by atoms with van der Waals surface area (Å²) in [6, 6.07) is 8.85. The zero-order valence-corrected chi connectivity index (χ0v) is 26.7. The Balaban J connectivity index is 1.39. The highest BCUT2D eigenvalue weighted by molar-refractivity contribution is 7.92. The van der Waals surface area contributed by atoms with Crippen molar-refractivity contribution < 1.29 is 45.6 Å². The SMILES string of the molecule is Cc1c(C)c(N2C(=O)c3ccc(C(=O)c4ccc5c(c4)C(=O)N(C)C5=O)cc3C2=O)c(C)c(S(=O)(=O)Nc2cc(F)c(F)c(F)c2)c1C. The molecule has 0 aliphatic carbocycles. The third kappa shape index (κ3) is 4.70. The first-order valence-corrected chi connectivity index (χ1v) is 15.8. The Bertz CT molecular complexity index is 2310. The van der Waals surface area contributed by atoms with Crippen LogP contribution in [0.4, 0.5) is 24.5 Å². The van der Waals surface area contributed by atoms with Crippen LogP contribution in [0.1, 0.15) is 79.6 Å². The number of carbonyl (C=O) groups excluding carboxylic acids is 5. The Morgan fingerprint density at radius 2 is 1.12 bits per heavy atom. The topological polar surface area (TPSA) is 138 Å². The van der Waals surface area contributed by atoms with Crippen LogP contribution in [0.3, 0.4) is 0 Å². The lowest BCUT2D eigenvalue weighted by molar-refractivity contribution is 0.0692. The van der Waals surface area contributed by atoms with Crippen LogP contribution in [0.15, 0.2) is 53.4 Å². The van der Waals surface area contributed by atoms with Crippen LogP contribution >= 0.6 is 0 Å². The average Bonchev–Trinajstić information content (AvgIpc) is 3.41. The minimum Gasteiger partial charge on any atom is -0.289 e. The number of hydrogen-bond donors (Lipinski definition) is 1. The number of imide groups is 2. The molecule has 244 valence electrons. The summed E-state index contributed by atoms with van der Waals surface area (Å²) in [5.74, 6) is -8.28. The molecule has 0 saturated carbocycles. The Hall–Kier alpha value is -5.63. The lowest BCUT2D eigenvalue weighted by atomic mass is 9.96. The summed E-state index contributed by atoms with van der Waals surface area (Å²) in [4.78, 5) is 67.1. The molecule has 0 atom stereocenters. The first-order chi connectivity index (χ1) is 22.5. The van der Waals surface area contributed by atoms with Gasteiger partial charge in [-0.25, -0.2) is 26.5 Å². The third-order valence-corrected chi connectivity index (χ3v) is 10.4. The molecule has 48 heavy (non-hydrogen) atoms. The number of hydrogen-bond acceptors (Lipinski definition) is 7. The highest BCUT2D eigenvalue weighted by Gasteiger charge is 2.41. The number of sulfonamides is 1. The summed E-state index contributed by atoms with van der Waals surface area (Å²) in [5.41, 5.74) is 0.484. The van der Waals surface area contributed by atoms with E-state index in [2.05, 4.69) is 0 Å². The molecule has 4 aromatic carbocycles. The Kier molecular flexibility index (Phi) is 7.39. The van der Waals surface area contributed by atoms with Gasteiger partial charge in [0.25, 0.3) is 33.7 Å². The fourth-order valence-corrected chi connectivity index (χ4v) is 7.70. The van der Waals surface area contributed by atoms with Gasteiger partial charge in [0.05, 0.1) is 38.5 Å². The number of nitrogens with one attached hydrogen (secondary N) is 1. The molecule has 0 spiro atoms. The highest BCUT2D eigenvalue weighted by Crippen LogP contribution is 2.40. The molecule has 0 unspecified atom stereocenters. The van der Waals surface area contributed by atoms with Gasteiger partial charge in [-0.05, 0) is 74.2 Å². The molecule has 2 heterocycles. The second kappa shape index (κ2) is 11.0. The fraction of sp³-hybridized carbons (Fsp3) is 0.147. The van der Waals surface area contributed by atoms with Crippen LogP contribution in [-0.2, 0) is 10.0 Å². The monoisotopic (exact) mass is 675 g/mol. The van der Waals surface area contributed by atoms with Gasteiger partial charge in [-0.2, -0.15) is 0 Å². The summed E-state index contributed by atoms with van der Waals surface area (Å²) in [6.07, 6.45) is 0. The molecule has 14 heteroatoms. The van der Waals surface area contributed by atoms with Crippen molar-refractivity contribution in [2.24, 2.45) is 0 Å². The van der Waals surface area contributed by atoms with Crippen molar-refractivity contribution in [3.63, 3.8) is 0 Å². The minimum atomic E-state index is -4.63. The summed E-state index contributed by atoms with van der Waals surface area (Å²) >= 11 is 0. The fourth-order valence-electron chi connectivity index (χ4n) is 6.11. The predicted octanol–water partition coefficient (Wildman–Crippen LogP) is 5.40. The molecule has 6 rings (SSSR count). The quantitative estimate of drug-likeness (QED) is 0.164. The number of rotatable bonds is 6. The van der Waals surface area contributed by atoms with Crippen molar-refractivity contribution in [3.8, 4) is 0 Å². The Morgan fingerprint density at radius 1 is 0.646 bits per heavy atom. The normalized spacial score (nSPS) is 14.2. The largest absolute Gasteiger partial charge is 0.289 e. The molecule has 4 amide bonds. The zero-order valence-electron chi connectivity index (χ0n) is 25.9. The van der Waals surface area contributed by atoms with E-state index < -0.39 is 62.6 Å². The molecule has 1 N–H and O–H groups in total. The molecular weight excluding hydrogens is 651 g/mol. The number of halogens is 3. The summed E-state index contributed by atoms with van der Waals surface area (Å²) in [6.45, 7) is 6.02. The van der Waals surface area contributed by atoms with Gasteiger partial charge in [-0.3, -0.25) is 33.6 Å². The lowest BCUT2D eigenvalue weighted by Crippen LogP contribution is -2.32. The second-order valence-corrected chi connectivity index (χ2v) is 13.1. The van der Waals surface area contributed by atoms with Crippen LogP contribution in [0.25, 0.3) is 0 Å². The van der Waals surface area contributed by atoms with E-state index >= 15 is 0 Å². The van der Waals surface area contributed by atoms with Crippen molar-refractivity contribution in [1.82, 2.24) is 4.90 Å². The number of fused-ring (bicyclic) bond motifs is 2. The first kappa shape index (κ1) is 32.3. The number of amides is 4. The van der Waals surface area contributed by atoms with Crippen LogP contribution in [0, 0.1) is 45.1 Å². The number of nitrogens with zero attached hydrogens (tertiary/aromatic N) is 2. The molecular formula is C34H24F3N3O7S. The van der Waals surface area contributed by atoms with Crippen molar-refractivity contribution in [3.05, 3.63) is 122 Å². The van der Waals surface area contributed by atoms with Gasteiger partial charge in [0, 0.05) is 30.3 Å². The zero-order chi connectivity index (χ0) is 35.1. The molecule has 0 radical (unpaired) electrons. The summed E-state index contributed by atoms with van der Waals surface area (Å²) < 4.78 is 70.5. The minimum absolute atomic E-state index is 0.0154. The van der Waals surface area contributed by atoms with Crippen LogP contribution in [0.2, 0.25) is 0 Å². The molecule has 0 bridgehead atoms. The molecule has 4 aromatic rings. The van der Waals surface area contributed by atoms with E-state index in [0.717, 1.165) is 9.80 Å². The number of anilines is 2. The van der Waals surface area contributed by atoms with E-state index in [4.69, 9.17) is 0 Å². The maximum absolute atomic E-state index is 13.9. The molecule has 0 aromatic heterocycles. The highest BCUT2D eigenvalue weighted by atomic mass is 32.2. The first-order valence-electron chi connectivity index (χ1n) is 14.3. The van der Waals surface area contributed by atoms with Gasteiger partial charge in [0.1, 0.15) is 0 Å². The molecule has 10 nitrogen and oxygen atoms in total. The van der Waals surface area contributed by atoms with E-state index in [1.165, 1.54) is 57.3 Å². The number of ketones is 1. The van der Waals surface area contributed by atoms with Crippen molar-refractivity contribution in [1.29, 1.82) is 0 Å². The number of carbonyl (C=O) groups is 5. The standard InChI is InChI=1S/C34H24F3N3O7S/c1-14-15(2)28(17(4)30(16(14)3)48(46,47)38-20-12-25(35)27(37)26(36)13-20)40-33(44)22-9-7-19(11-24(22)34(40)45)29(41)18-6-8-21-23(10-18)32(43)39(5)31(21)42/h6-13,38H,1-5H3. The molecule has 2 aliphatic heterocycles. The van der Waals surface area contributed by atoms with Crippen LogP contribution < -0.4 is 9.62 Å². The van der Waals surface area contributed by atoms with Gasteiger partial charge in [0.15, 0.2) is 23.2 Å². The van der Waals surface area contributed by atoms with Crippen molar-refractivity contribution in [2.75, 3.05) is 16.7 Å². The van der Waals surface area contributed by atoms with Crippen molar-refractivity contribution in [2.45, 2.75) is 32.6 Å². The average molecular weight is 676 g/mol. The smallest absolute Gasteiger partial charge is 0.266 e. The van der Waals surface area contributed by atoms with E-state index in [1.54, 1.807) is 13.8 Å². The molecule has 0 saturated heterocycles. The van der Waals surface area contributed by atoms with Gasteiger partial charge < -0.3 is 0 Å². The van der Waals surface area contributed by atoms with E-state index in [1.807, 2.05) is 4.72 Å². The van der Waals surface area contributed by atoms with Gasteiger partial charge in [0.2, 0.25) is 0 Å². The third-order valence-electron chi connectivity index (χ3n) is 8.75. The lowest BCUT2D eigenvalue weighted by Gasteiger charge is -2.25. The second-order valence-electron chi connectivity index (χ2n) is 11.5. The van der Waals surface area contributed by atoms with E-state index in [9.17, 15) is 45.6 Å². The van der Waals surface area contributed by atoms with E-state index in [-0.39, 0.29) is 55.1 Å². The van der Waals surface area contributed by atoms with Crippen LogP contribution in [-0.4, -0.2) is 49.8 Å². The Morgan fingerprint density at radius 3 is 1.69 bits per heavy atom. The van der Waals surface area contributed by atoms with Gasteiger partial charge >= 0.3 is 0 Å². The molecule has 2 aliphatic rings. The maximum atomic E-state index is 13.9. The predicted molar refractivity (Wildman–Crippen MR) is 166 cm³/mol. The molecule has 0 fully saturated rings. The number of benzene rings is 4. The summed E-state index contributed by atoms with van der Waals surface area (Å²) in [7, 11) is -3.30. The maximum Gasteiger partial charge on any atom is 0.266 e. The van der Waals surface area contributed by atoms with Crippen molar-refractivity contribution >= 4 is 50.8 Å².